The zero-order valence-corrected chi connectivity index (χ0v) is 40.9. The minimum atomic E-state index is -1.86. The number of hydrogen-bond donors (Lipinski definition) is 0. The summed E-state index contributed by atoms with van der Waals surface area (Å²) in [6, 6.07) is 44.4. The summed E-state index contributed by atoms with van der Waals surface area (Å²) in [5.74, 6) is 9.19. The largest absolute Gasteiger partial charge is 0.501 e. The first-order chi connectivity index (χ1) is 28.9. The van der Waals surface area contributed by atoms with Gasteiger partial charge in [0.15, 0.2) is 5.65 Å². The molecule has 311 valence electrons. The van der Waals surface area contributed by atoms with Crippen molar-refractivity contribution < 1.29 is 24.5 Å². The average molecular weight is 1040 g/mol. The predicted molar refractivity (Wildman–Crippen MR) is 250 cm³/mol. The van der Waals surface area contributed by atoms with E-state index < -0.39 is 13.3 Å². The van der Waals surface area contributed by atoms with Crippen molar-refractivity contribution in [3.63, 3.8) is 0 Å². The molecule has 0 unspecified atom stereocenters. The van der Waals surface area contributed by atoms with Gasteiger partial charge in [0.1, 0.15) is 11.1 Å². The van der Waals surface area contributed by atoms with Crippen LogP contribution in [-0.4, -0.2) is 43.2 Å². The van der Waals surface area contributed by atoms with Crippen LogP contribution in [0.3, 0.4) is 0 Å². The van der Waals surface area contributed by atoms with Crippen LogP contribution >= 0.6 is 0 Å². The van der Waals surface area contributed by atoms with E-state index in [1.807, 2.05) is 48.5 Å². The SMILES string of the molecule is CC(C)Cc1cc(-c2[c-]cccc2)nc[c]1[Ge]([CH3])([CH3])[CH3].CC(C)c1cc(-c2ccccc2)cc(C(C)C)c1-n1c(-c2[c-]ccc3c2oc2ccccc23)nc2nnncc21.[Ir]. The monoisotopic (exact) mass is 1040 g/mol. The fourth-order valence-electron chi connectivity index (χ4n) is 8.11. The van der Waals surface area contributed by atoms with Gasteiger partial charge in [0, 0.05) is 31.2 Å². The Balaban J connectivity index is 0.000000226. The molecule has 0 aliphatic rings. The van der Waals surface area contributed by atoms with Crippen LogP contribution < -0.4 is 4.40 Å². The van der Waals surface area contributed by atoms with Crippen molar-refractivity contribution in [2.75, 3.05) is 0 Å². The topological polar surface area (TPSA) is 82.5 Å². The maximum atomic E-state index is 6.42. The Labute approximate surface area is 375 Å². The number of benzene rings is 5. The Morgan fingerprint density at radius 1 is 0.721 bits per heavy atom. The van der Waals surface area contributed by atoms with Gasteiger partial charge in [-0.05, 0) is 57.5 Å². The van der Waals surface area contributed by atoms with Gasteiger partial charge in [0.25, 0.3) is 0 Å². The summed E-state index contributed by atoms with van der Waals surface area (Å²) in [6.45, 7) is 13.5. The van der Waals surface area contributed by atoms with E-state index in [4.69, 9.17) is 14.4 Å². The molecule has 5 aromatic carbocycles. The molecule has 0 fully saturated rings. The van der Waals surface area contributed by atoms with Gasteiger partial charge >= 0.3 is 126 Å². The number of pyridine rings is 1. The molecule has 9 rings (SSSR count). The molecule has 0 aliphatic heterocycles. The van der Waals surface area contributed by atoms with Gasteiger partial charge in [-0.3, -0.25) is 4.98 Å². The van der Waals surface area contributed by atoms with E-state index >= 15 is 0 Å². The number of aromatic nitrogens is 6. The molecule has 0 aliphatic carbocycles. The van der Waals surface area contributed by atoms with Crippen molar-refractivity contribution in [3.05, 3.63) is 150 Å². The van der Waals surface area contributed by atoms with E-state index in [1.165, 1.54) is 27.8 Å². The van der Waals surface area contributed by atoms with E-state index in [0.717, 1.165) is 56.4 Å². The first-order valence-corrected chi connectivity index (χ1v) is 28.3. The van der Waals surface area contributed by atoms with E-state index in [0.29, 0.717) is 17.4 Å². The van der Waals surface area contributed by atoms with Gasteiger partial charge in [-0.15, -0.1) is 28.4 Å². The average Bonchev–Trinajstić information content (AvgIpc) is 3.82. The second kappa shape index (κ2) is 18.4. The summed E-state index contributed by atoms with van der Waals surface area (Å²) in [6.07, 6.45) is 5.02. The van der Waals surface area contributed by atoms with Crippen molar-refractivity contribution in [1.29, 1.82) is 0 Å². The molecule has 0 spiro atoms. The minimum absolute atomic E-state index is 0. The minimum Gasteiger partial charge on any atom is -0.501 e. The summed E-state index contributed by atoms with van der Waals surface area (Å²) >= 11 is -1.86. The number of hydrogen-bond acceptors (Lipinski definition) is 6. The maximum Gasteiger partial charge on any atom is 0.194 e. The van der Waals surface area contributed by atoms with Gasteiger partial charge in [0.2, 0.25) is 0 Å². The summed E-state index contributed by atoms with van der Waals surface area (Å²) in [4.78, 5) is 9.72. The third kappa shape index (κ3) is 9.04. The summed E-state index contributed by atoms with van der Waals surface area (Å²) in [7, 11) is 0. The molecule has 0 saturated heterocycles. The van der Waals surface area contributed by atoms with E-state index in [2.05, 4.69) is 158 Å². The maximum absolute atomic E-state index is 6.42. The zero-order valence-electron chi connectivity index (χ0n) is 36.4. The second-order valence-electron chi connectivity index (χ2n) is 17.6. The Morgan fingerprint density at radius 2 is 1.43 bits per heavy atom. The van der Waals surface area contributed by atoms with Crippen LogP contribution in [0.4, 0.5) is 0 Å². The van der Waals surface area contributed by atoms with E-state index in [9.17, 15) is 0 Å². The van der Waals surface area contributed by atoms with E-state index in [1.54, 1.807) is 10.6 Å². The number of furan rings is 1. The number of nitrogens with zero attached hydrogens (tertiary/aromatic N) is 6. The molecular weight excluding hydrogens is 989 g/mol. The number of imidazole rings is 1. The molecule has 7 nitrogen and oxygen atoms in total. The van der Waals surface area contributed by atoms with Crippen molar-refractivity contribution >= 4 is 50.8 Å². The zero-order chi connectivity index (χ0) is 42.1. The number of rotatable bonds is 9. The summed E-state index contributed by atoms with van der Waals surface area (Å²) < 4.78 is 10.2. The Hall–Kier alpha value is -5.28. The van der Waals surface area contributed by atoms with Gasteiger partial charge in [-0.25, -0.2) is 0 Å². The Kier molecular flexibility index (Phi) is 13.2. The van der Waals surface area contributed by atoms with Gasteiger partial charge in [0.05, 0.1) is 17.6 Å². The Morgan fingerprint density at radius 3 is 2.10 bits per heavy atom. The van der Waals surface area contributed by atoms with Crippen LogP contribution in [0.2, 0.25) is 17.3 Å². The van der Waals surface area contributed by atoms with Crippen LogP contribution in [0.5, 0.6) is 0 Å². The van der Waals surface area contributed by atoms with Crippen molar-refractivity contribution in [3.8, 4) is 39.5 Å². The molecule has 9 heteroatoms. The van der Waals surface area contributed by atoms with Gasteiger partial charge in [-0.1, -0.05) is 87.2 Å². The first-order valence-electron chi connectivity index (χ1n) is 21.0. The smallest absolute Gasteiger partial charge is 0.194 e. The van der Waals surface area contributed by atoms with Crippen molar-refractivity contribution in [2.24, 2.45) is 5.92 Å². The molecule has 0 saturated carbocycles. The van der Waals surface area contributed by atoms with Crippen LogP contribution in [0, 0.1) is 18.1 Å². The molecule has 61 heavy (non-hydrogen) atoms. The van der Waals surface area contributed by atoms with Crippen LogP contribution in [0.25, 0.3) is 72.6 Å². The predicted octanol–water partition coefficient (Wildman–Crippen LogP) is 12.8. The first kappa shape index (κ1) is 43.8. The van der Waals surface area contributed by atoms with Crippen LogP contribution in [-0.2, 0) is 26.5 Å². The summed E-state index contributed by atoms with van der Waals surface area (Å²) in [5, 5.41) is 14.5. The second-order valence-corrected chi connectivity index (χ2v) is 28.2. The molecule has 1 radical (unpaired) electrons. The molecule has 9 aromatic rings. The molecular formula is C52H52GeIrN6O-2. The van der Waals surface area contributed by atoms with Gasteiger partial charge < -0.3 is 8.98 Å². The Bertz CT molecular complexity index is 2900. The quantitative estimate of drug-likeness (QED) is 0.106. The fourth-order valence-corrected chi connectivity index (χ4v) is 11.4. The fraction of sp³-hybridized carbons (Fsp3) is 0.250. The van der Waals surface area contributed by atoms with Crippen molar-refractivity contribution in [2.45, 2.75) is 77.1 Å². The van der Waals surface area contributed by atoms with Crippen LogP contribution in [0.1, 0.15) is 70.1 Å². The molecule has 4 aromatic heterocycles. The third-order valence-corrected chi connectivity index (χ3v) is 15.3. The number of fused-ring (bicyclic) bond motifs is 4. The standard InChI is InChI=1S/C34H28N5O.C18H24GeN.Ir/c1-20(2)27-17-23(22-11-6-5-7-12-22)18-28(21(3)4)31(27)39-29-19-35-38-37-33(29)36-34(39)26-15-10-14-25-24-13-8-9-16-30(24)40-32(25)26;1-14(2)11-16-12-18(15-9-7-6-8-10-15)20-13-17(16)19(3,4)5;/h5-14,16-21H,1-4H3;6-9,12-14H,11H2,1-5H3;/q2*-1;. The van der Waals surface area contributed by atoms with Crippen LogP contribution in [0.15, 0.2) is 126 Å². The number of para-hydroxylation sites is 1. The third-order valence-electron chi connectivity index (χ3n) is 11.0. The molecule has 0 atom stereocenters. The molecule has 0 bridgehead atoms. The summed E-state index contributed by atoms with van der Waals surface area (Å²) in [5.41, 5.74) is 13.3. The normalized spacial score (nSPS) is 11.7. The molecule has 4 heterocycles. The van der Waals surface area contributed by atoms with E-state index in [-0.39, 0.29) is 31.9 Å². The van der Waals surface area contributed by atoms with Crippen molar-refractivity contribution in [1.82, 2.24) is 29.9 Å². The molecule has 0 N–H and O–H groups in total. The molecule has 0 amide bonds. The van der Waals surface area contributed by atoms with Gasteiger partial charge in [-0.2, -0.15) is 0 Å².